The molecule has 1 fully saturated rings. The molecule has 0 radical (unpaired) electrons. The van der Waals surface area contributed by atoms with Crippen LogP contribution < -0.4 is 5.32 Å². The van der Waals surface area contributed by atoms with Crippen LogP contribution in [0.5, 0.6) is 0 Å². The van der Waals surface area contributed by atoms with Gasteiger partial charge in [0.15, 0.2) is 0 Å². The summed E-state index contributed by atoms with van der Waals surface area (Å²) in [5.74, 6) is 0. The molecule has 2 rings (SSSR count). The third kappa shape index (κ3) is 1.47. The summed E-state index contributed by atoms with van der Waals surface area (Å²) in [4.78, 5) is 0. The van der Waals surface area contributed by atoms with Crippen LogP contribution in [0.4, 0.5) is 0 Å². The van der Waals surface area contributed by atoms with Gasteiger partial charge in [0.05, 0.1) is 6.61 Å². The first-order valence-corrected chi connectivity index (χ1v) is 4.67. The Hall–Kier alpha value is -0.860. The molecule has 70 valence electrons. The molecule has 1 aromatic rings. The Bertz CT molecular complexity index is 303. The smallest absolute Gasteiger partial charge is 0.142 e. The summed E-state index contributed by atoms with van der Waals surface area (Å²) in [6, 6.07) is 8.34. The van der Waals surface area contributed by atoms with E-state index in [1.165, 1.54) is 11.1 Å². The minimum atomic E-state index is -0.272. The number of hydrogen-bond acceptors (Lipinski definition) is 2. The van der Waals surface area contributed by atoms with Crippen molar-refractivity contribution in [2.24, 2.45) is 0 Å². The van der Waals surface area contributed by atoms with E-state index in [0.29, 0.717) is 0 Å². The quantitative estimate of drug-likeness (QED) is 0.706. The van der Waals surface area contributed by atoms with E-state index in [9.17, 15) is 0 Å². The van der Waals surface area contributed by atoms with Gasteiger partial charge in [0.1, 0.15) is 5.72 Å². The van der Waals surface area contributed by atoms with Crippen molar-refractivity contribution in [2.75, 3.05) is 13.2 Å². The van der Waals surface area contributed by atoms with Crippen LogP contribution >= 0.6 is 0 Å². The van der Waals surface area contributed by atoms with Crippen LogP contribution in [0, 0.1) is 6.92 Å². The van der Waals surface area contributed by atoms with Gasteiger partial charge in [-0.15, -0.1) is 0 Å². The topological polar surface area (TPSA) is 21.3 Å². The van der Waals surface area contributed by atoms with Crippen molar-refractivity contribution in [3.63, 3.8) is 0 Å². The molecular formula is C11H15NO. The number of ether oxygens (including phenoxy) is 1. The highest BCUT2D eigenvalue weighted by atomic mass is 16.5. The number of aryl methyl sites for hydroxylation is 1. The Morgan fingerprint density at radius 2 is 2.15 bits per heavy atom. The summed E-state index contributed by atoms with van der Waals surface area (Å²) in [5, 5.41) is 3.37. The van der Waals surface area contributed by atoms with Crippen molar-refractivity contribution in [3.05, 3.63) is 35.4 Å². The highest BCUT2D eigenvalue weighted by molar-refractivity contribution is 5.30. The Kier molecular flexibility index (Phi) is 2.10. The molecule has 1 atom stereocenters. The molecule has 13 heavy (non-hydrogen) atoms. The Morgan fingerprint density at radius 3 is 2.77 bits per heavy atom. The highest BCUT2D eigenvalue weighted by Gasteiger charge is 2.31. The van der Waals surface area contributed by atoms with Crippen LogP contribution in [-0.4, -0.2) is 13.2 Å². The van der Waals surface area contributed by atoms with Crippen molar-refractivity contribution < 1.29 is 4.74 Å². The summed E-state index contributed by atoms with van der Waals surface area (Å²) in [6.07, 6.45) is 0. The summed E-state index contributed by atoms with van der Waals surface area (Å²) in [5.41, 5.74) is 2.25. The van der Waals surface area contributed by atoms with E-state index in [-0.39, 0.29) is 5.72 Å². The largest absolute Gasteiger partial charge is 0.355 e. The molecule has 2 heteroatoms. The average molecular weight is 177 g/mol. The molecule has 0 spiro atoms. The summed E-state index contributed by atoms with van der Waals surface area (Å²) >= 11 is 0. The highest BCUT2D eigenvalue weighted by Crippen LogP contribution is 2.27. The van der Waals surface area contributed by atoms with Gasteiger partial charge in [0.25, 0.3) is 0 Å². The molecule has 0 aromatic heterocycles. The maximum atomic E-state index is 5.70. The van der Waals surface area contributed by atoms with E-state index in [0.717, 1.165) is 13.2 Å². The van der Waals surface area contributed by atoms with Gasteiger partial charge in [-0.3, -0.25) is 5.32 Å². The summed E-state index contributed by atoms with van der Waals surface area (Å²) < 4.78 is 5.70. The fourth-order valence-corrected chi connectivity index (χ4v) is 1.88. The van der Waals surface area contributed by atoms with Gasteiger partial charge in [0, 0.05) is 12.1 Å². The molecule has 1 aromatic carbocycles. The molecule has 2 nitrogen and oxygen atoms in total. The Labute approximate surface area is 78.9 Å². The minimum absolute atomic E-state index is 0.272. The molecule has 0 saturated carbocycles. The zero-order valence-electron chi connectivity index (χ0n) is 8.13. The van der Waals surface area contributed by atoms with Crippen LogP contribution in [0.25, 0.3) is 0 Å². The van der Waals surface area contributed by atoms with Crippen LogP contribution in [0.15, 0.2) is 24.3 Å². The molecular weight excluding hydrogens is 162 g/mol. The first kappa shape index (κ1) is 8.73. The lowest BCUT2D eigenvalue weighted by Crippen LogP contribution is -2.35. The minimum Gasteiger partial charge on any atom is -0.355 e. The van der Waals surface area contributed by atoms with Crippen molar-refractivity contribution in [3.8, 4) is 0 Å². The van der Waals surface area contributed by atoms with Crippen molar-refractivity contribution >= 4 is 0 Å². The summed E-state index contributed by atoms with van der Waals surface area (Å²) in [7, 11) is 0. The summed E-state index contributed by atoms with van der Waals surface area (Å²) in [6.45, 7) is 5.93. The second kappa shape index (κ2) is 3.13. The van der Waals surface area contributed by atoms with Crippen LogP contribution in [0.2, 0.25) is 0 Å². The number of hydrogen-bond donors (Lipinski definition) is 1. The fraction of sp³-hybridized carbons (Fsp3) is 0.455. The van der Waals surface area contributed by atoms with E-state index in [2.05, 4.69) is 43.4 Å². The third-order valence-corrected chi connectivity index (χ3v) is 2.61. The monoisotopic (exact) mass is 177 g/mol. The van der Waals surface area contributed by atoms with Crippen LogP contribution in [0.1, 0.15) is 18.1 Å². The van der Waals surface area contributed by atoms with Gasteiger partial charge in [-0.1, -0.05) is 24.3 Å². The standard InChI is InChI=1S/C11H15NO/c1-9-5-3-4-6-10(9)11(2)12-7-8-13-11/h3-6,12H,7-8H2,1-2H3. The van der Waals surface area contributed by atoms with E-state index < -0.39 is 0 Å². The van der Waals surface area contributed by atoms with Gasteiger partial charge >= 0.3 is 0 Å². The molecule has 1 saturated heterocycles. The average Bonchev–Trinajstić information content (AvgIpc) is 2.54. The van der Waals surface area contributed by atoms with E-state index in [1.807, 2.05) is 0 Å². The number of rotatable bonds is 1. The molecule has 0 aliphatic carbocycles. The molecule has 1 heterocycles. The molecule has 1 aliphatic rings. The zero-order chi connectivity index (χ0) is 9.31. The lowest BCUT2D eigenvalue weighted by molar-refractivity contribution is 0.00197. The van der Waals surface area contributed by atoms with Gasteiger partial charge in [-0.2, -0.15) is 0 Å². The molecule has 1 N–H and O–H groups in total. The molecule has 1 aliphatic heterocycles. The lowest BCUT2D eigenvalue weighted by atomic mass is 10.00. The Balaban J connectivity index is 2.39. The Morgan fingerprint density at radius 1 is 1.38 bits per heavy atom. The van der Waals surface area contributed by atoms with Gasteiger partial charge in [-0.05, 0) is 19.4 Å². The van der Waals surface area contributed by atoms with Crippen LogP contribution in [-0.2, 0) is 10.5 Å². The third-order valence-electron chi connectivity index (χ3n) is 2.61. The first-order valence-electron chi connectivity index (χ1n) is 4.67. The van der Waals surface area contributed by atoms with Gasteiger partial charge in [0.2, 0.25) is 0 Å². The maximum Gasteiger partial charge on any atom is 0.142 e. The molecule has 0 bridgehead atoms. The first-order chi connectivity index (χ1) is 6.22. The van der Waals surface area contributed by atoms with Crippen molar-refractivity contribution in [1.29, 1.82) is 0 Å². The number of nitrogens with one attached hydrogen (secondary N) is 1. The van der Waals surface area contributed by atoms with Crippen LogP contribution in [0.3, 0.4) is 0 Å². The van der Waals surface area contributed by atoms with Crippen molar-refractivity contribution in [2.45, 2.75) is 19.6 Å². The normalized spacial score (nSPS) is 27.8. The fourth-order valence-electron chi connectivity index (χ4n) is 1.88. The van der Waals surface area contributed by atoms with E-state index in [1.54, 1.807) is 0 Å². The van der Waals surface area contributed by atoms with E-state index >= 15 is 0 Å². The number of benzene rings is 1. The predicted molar refractivity (Wildman–Crippen MR) is 52.5 cm³/mol. The molecule has 0 amide bonds. The second-order valence-electron chi connectivity index (χ2n) is 3.62. The second-order valence-corrected chi connectivity index (χ2v) is 3.62. The van der Waals surface area contributed by atoms with Gasteiger partial charge in [-0.25, -0.2) is 0 Å². The van der Waals surface area contributed by atoms with E-state index in [4.69, 9.17) is 4.74 Å². The SMILES string of the molecule is Cc1ccccc1C1(C)NCCO1. The van der Waals surface area contributed by atoms with Crippen molar-refractivity contribution in [1.82, 2.24) is 5.32 Å². The zero-order valence-corrected chi connectivity index (χ0v) is 8.13. The van der Waals surface area contributed by atoms with Gasteiger partial charge < -0.3 is 4.74 Å². The lowest BCUT2D eigenvalue weighted by Gasteiger charge is -2.25. The maximum absolute atomic E-state index is 5.70. The molecule has 1 unspecified atom stereocenters. The predicted octanol–water partition coefficient (Wildman–Crippen LogP) is 1.79.